The highest BCUT2D eigenvalue weighted by Crippen LogP contribution is 2.30. The Hall–Kier alpha value is -3.09. The molecular formula is C17H13FN4O2. The Kier molecular flexibility index (Phi) is 3.34. The number of fused-ring (bicyclic) bond motifs is 2. The van der Waals surface area contributed by atoms with E-state index in [4.69, 9.17) is 5.11 Å². The molecule has 0 unspecified atom stereocenters. The molecule has 3 aromatic rings. The zero-order valence-corrected chi connectivity index (χ0v) is 12.6. The predicted octanol–water partition coefficient (Wildman–Crippen LogP) is 2.43. The van der Waals surface area contributed by atoms with E-state index in [9.17, 15) is 9.18 Å². The average Bonchev–Trinajstić information content (AvgIpc) is 3.15. The van der Waals surface area contributed by atoms with Gasteiger partial charge in [0.15, 0.2) is 5.82 Å². The normalized spacial score (nSPS) is 13.1. The fourth-order valence-electron chi connectivity index (χ4n) is 2.88. The SMILES string of the molecule is O=C(O)CCn1ccc2cnc(C3=CCc4ncc(F)cc43)nc21. The number of carboxylic acids is 1. The Balaban J connectivity index is 1.75. The van der Waals surface area contributed by atoms with E-state index in [2.05, 4.69) is 15.0 Å². The van der Waals surface area contributed by atoms with Crippen LogP contribution in [-0.2, 0) is 17.8 Å². The molecule has 7 heteroatoms. The topological polar surface area (TPSA) is 80.9 Å². The molecule has 0 aromatic carbocycles. The van der Waals surface area contributed by atoms with Crippen LogP contribution in [0.5, 0.6) is 0 Å². The van der Waals surface area contributed by atoms with Crippen LogP contribution < -0.4 is 0 Å². The minimum absolute atomic E-state index is 0.0176. The average molecular weight is 324 g/mol. The zero-order chi connectivity index (χ0) is 16.7. The van der Waals surface area contributed by atoms with Crippen molar-refractivity contribution in [2.75, 3.05) is 0 Å². The van der Waals surface area contributed by atoms with Crippen molar-refractivity contribution in [2.24, 2.45) is 0 Å². The first-order chi connectivity index (χ1) is 11.6. The summed E-state index contributed by atoms with van der Waals surface area (Å²) >= 11 is 0. The molecule has 1 N–H and O–H groups in total. The third-order valence-electron chi connectivity index (χ3n) is 4.04. The Morgan fingerprint density at radius 3 is 3.04 bits per heavy atom. The molecule has 0 saturated carbocycles. The number of carbonyl (C=O) groups is 1. The molecule has 0 aliphatic heterocycles. The molecule has 0 saturated heterocycles. The molecule has 3 heterocycles. The molecule has 120 valence electrons. The highest BCUT2D eigenvalue weighted by atomic mass is 19.1. The lowest BCUT2D eigenvalue weighted by Gasteiger charge is -2.06. The Morgan fingerprint density at radius 1 is 1.33 bits per heavy atom. The van der Waals surface area contributed by atoms with E-state index in [0.717, 1.165) is 16.7 Å². The van der Waals surface area contributed by atoms with Crippen LogP contribution in [0.3, 0.4) is 0 Å². The lowest BCUT2D eigenvalue weighted by atomic mass is 10.1. The molecule has 4 rings (SSSR count). The molecule has 0 amide bonds. The number of allylic oxidation sites excluding steroid dienone is 1. The highest BCUT2D eigenvalue weighted by Gasteiger charge is 2.20. The van der Waals surface area contributed by atoms with Gasteiger partial charge >= 0.3 is 5.97 Å². The molecule has 6 nitrogen and oxygen atoms in total. The highest BCUT2D eigenvalue weighted by molar-refractivity contribution is 5.84. The van der Waals surface area contributed by atoms with E-state index in [-0.39, 0.29) is 6.42 Å². The second-order valence-corrected chi connectivity index (χ2v) is 5.60. The first-order valence-electron chi connectivity index (χ1n) is 7.51. The van der Waals surface area contributed by atoms with E-state index in [0.29, 0.717) is 30.0 Å². The molecule has 0 fully saturated rings. The number of halogens is 1. The van der Waals surface area contributed by atoms with Crippen molar-refractivity contribution in [3.05, 3.63) is 59.7 Å². The van der Waals surface area contributed by atoms with E-state index in [1.54, 1.807) is 17.0 Å². The van der Waals surface area contributed by atoms with Gasteiger partial charge < -0.3 is 9.67 Å². The minimum Gasteiger partial charge on any atom is -0.481 e. The van der Waals surface area contributed by atoms with Crippen LogP contribution in [0.2, 0.25) is 0 Å². The van der Waals surface area contributed by atoms with Crippen LogP contribution in [-0.4, -0.2) is 30.6 Å². The van der Waals surface area contributed by atoms with Crippen molar-refractivity contribution in [3.63, 3.8) is 0 Å². The van der Waals surface area contributed by atoms with Crippen molar-refractivity contribution in [1.82, 2.24) is 19.5 Å². The van der Waals surface area contributed by atoms with Crippen LogP contribution in [0.25, 0.3) is 16.6 Å². The summed E-state index contributed by atoms with van der Waals surface area (Å²) in [6.45, 7) is 0.334. The summed E-state index contributed by atoms with van der Waals surface area (Å²) in [5, 5.41) is 9.68. The van der Waals surface area contributed by atoms with Crippen LogP contribution in [0.1, 0.15) is 23.5 Å². The van der Waals surface area contributed by atoms with Gasteiger partial charge in [-0.1, -0.05) is 6.08 Å². The van der Waals surface area contributed by atoms with Crippen LogP contribution in [0.4, 0.5) is 4.39 Å². The number of aromatic nitrogens is 4. The summed E-state index contributed by atoms with van der Waals surface area (Å²) in [5.41, 5.74) is 2.93. The maximum absolute atomic E-state index is 13.5. The van der Waals surface area contributed by atoms with Gasteiger partial charge in [-0.25, -0.2) is 14.4 Å². The predicted molar refractivity (Wildman–Crippen MR) is 84.8 cm³/mol. The van der Waals surface area contributed by atoms with Gasteiger partial charge in [0.1, 0.15) is 11.5 Å². The standard InChI is InChI=1S/C17H13FN4O2/c18-11-7-13-12(1-2-14(13)19-9-11)16-20-8-10-3-5-22(17(10)21-16)6-4-15(23)24/h1,3,5,7-9H,2,4,6H2,(H,23,24). The van der Waals surface area contributed by atoms with Crippen molar-refractivity contribution < 1.29 is 14.3 Å². The number of aliphatic carboxylic acids is 1. The largest absolute Gasteiger partial charge is 0.481 e. The lowest BCUT2D eigenvalue weighted by molar-refractivity contribution is -0.137. The smallest absolute Gasteiger partial charge is 0.305 e. The molecule has 1 aliphatic carbocycles. The molecule has 3 aromatic heterocycles. The van der Waals surface area contributed by atoms with Gasteiger partial charge in [-0.3, -0.25) is 9.78 Å². The van der Waals surface area contributed by atoms with Gasteiger partial charge in [0.25, 0.3) is 0 Å². The number of rotatable bonds is 4. The van der Waals surface area contributed by atoms with Gasteiger partial charge in [0.2, 0.25) is 0 Å². The second kappa shape index (κ2) is 5.52. The summed E-state index contributed by atoms with van der Waals surface area (Å²) in [6.07, 6.45) is 7.26. The van der Waals surface area contributed by atoms with Crippen LogP contribution in [0.15, 0.2) is 36.8 Å². The Morgan fingerprint density at radius 2 is 2.21 bits per heavy atom. The van der Waals surface area contributed by atoms with Crippen LogP contribution >= 0.6 is 0 Å². The van der Waals surface area contributed by atoms with Gasteiger partial charge in [0.05, 0.1) is 18.3 Å². The van der Waals surface area contributed by atoms with E-state index < -0.39 is 11.8 Å². The molecule has 24 heavy (non-hydrogen) atoms. The van der Waals surface area contributed by atoms with E-state index in [1.807, 2.05) is 12.1 Å². The summed E-state index contributed by atoms with van der Waals surface area (Å²) in [5.74, 6) is -0.767. The fourth-order valence-corrected chi connectivity index (χ4v) is 2.88. The molecule has 0 atom stereocenters. The molecule has 0 bridgehead atoms. The van der Waals surface area contributed by atoms with Crippen LogP contribution in [0, 0.1) is 5.82 Å². The summed E-state index contributed by atoms with van der Waals surface area (Å²) in [7, 11) is 0. The Labute approximate surface area is 136 Å². The second-order valence-electron chi connectivity index (χ2n) is 5.60. The summed E-state index contributed by atoms with van der Waals surface area (Å²) in [4.78, 5) is 23.8. The Bertz CT molecular complexity index is 993. The number of carboxylic acid groups (broad SMARTS) is 1. The molecule has 0 spiro atoms. The third kappa shape index (κ3) is 2.44. The van der Waals surface area contributed by atoms with Gasteiger partial charge in [-0.05, 0) is 12.1 Å². The first-order valence-corrected chi connectivity index (χ1v) is 7.51. The fraction of sp³-hybridized carbons (Fsp3) is 0.176. The van der Waals surface area contributed by atoms with Gasteiger partial charge in [0, 0.05) is 41.9 Å². The third-order valence-corrected chi connectivity index (χ3v) is 4.04. The quantitative estimate of drug-likeness (QED) is 0.797. The summed E-state index contributed by atoms with van der Waals surface area (Å²) in [6, 6.07) is 3.29. The number of pyridine rings is 1. The maximum atomic E-state index is 13.5. The first kappa shape index (κ1) is 14.5. The zero-order valence-electron chi connectivity index (χ0n) is 12.6. The van der Waals surface area contributed by atoms with Gasteiger partial charge in [-0.2, -0.15) is 0 Å². The maximum Gasteiger partial charge on any atom is 0.305 e. The lowest BCUT2D eigenvalue weighted by Crippen LogP contribution is -2.05. The van der Waals surface area contributed by atoms with Crippen molar-refractivity contribution >= 4 is 22.6 Å². The monoisotopic (exact) mass is 324 g/mol. The van der Waals surface area contributed by atoms with Crippen molar-refractivity contribution in [3.8, 4) is 0 Å². The minimum atomic E-state index is -0.861. The van der Waals surface area contributed by atoms with E-state index >= 15 is 0 Å². The van der Waals surface area contributed by atoms with Crippen molar-refractivity contribution in [1.29, 1.82) is 0 Å². The molecule has 1 aliphatic rings. The number of hydrogen-bond donors (Lipinski definition) is 1. The number of aryl methyl sites for hydroxylation is 1. The molecular weight excluding hydrogens is 311 g/mol. The van der Waals surface area contributed by atoms with E-state index in [1.165, 1.54) is 12.3 Å². The number of nitrogens with zero attached hydrogens (tertiary/aromatic N) is 4. The number of hydrogen-bond acceptors (Lipinski definition) is 4. The van der Waals surface area contributed by atoms with Crippen molar-refractivity contribution in [2.45, 2.75) is 19.4 Å². The van der Waals surface area contributed by atoms with Gasteiger partial charge in [-0.15, -0.1) is 0 Å². The summed E-state index contributed by atoms with van der Waals surface area (Å²) < 4.78 is 15.3. The molecule has 0 radical (unpaired) electrons.